The molecule has 1 N–H and O–H groups in total. The van der Waals surface area contributed by atoms with Crippen LogP contribution in [0.4, 0.5) is 5.69 Å². The third kappa shape index (κ3) is 4.37. The molecule has 1 aliphatic heterocycles. The lowest BCUT2D eigenvalue weighted by atomic mass is 10.2. The van der Waals surface area contributed by atoms with Crippen molar-refractivity contribution in [2.75, 3.05) is 31.5 Å². The number of hydrogen-bond acceptors (Lipinski definition) is 4. The molecule has 3 rings (SSSR count). The van der Waals surface area contributed by atoms with Gasteiger partial charge in [-0.25, -0.2) is 8.42 Å². The summed E-state index contributed by atoms with van der Waals surface area (Å²) in [5.41, 5.74) is 1.82. The molecule has 27 heavy (non-hydrogen) atoms. The molecule has 1 heterocycles. The third-order valence-electron chi connectivity index (χ3n) is 4.98. The van der Waals surface area contributed by atoms with Crippen LogP contribution in [-0.4, -0.2) is 55.8 Å². The number of nitrogens with zero attached hydrogens (tertiary/aromatic N) is 2. The zero-order valence-corrected chi connectivity index (χ0v) is 16.4. The standard InChI is InChI=1S/C20H25N3O3S/c1-16-8-6-7-11-19(16)21-20(24)17(2)22-12-14-23(15-13-22)27(25,26)18-9-4-3-5-10-18/h3-11,17H,12-15H2,1-2H3,(H,21,24). The Morgan fingerprint density at radius 3 is 2.19 bits per heavy atom. The summed E-state index contributed by atoms with van der Waals surface area (Å²) in [5, 5.41) is 2.96. The Labute approximate surface area is 160 Å². The number of para-hydroxylation sites is 1. The number of piperazine rings is 1. The van der Waals surface area contributed by atoms with Crippen molar-refractivity contribution in [1.29, 1.82) is 0 Å². The van der Waals surface area contributed by atoms with Crippen molar-refractivity contribution in [2.24, 2.45) is 0 Å². The fourth-order valence-corrected chi connectivity index (χ4v) is 4.63. The zero-order chi connectivity index (χ0) is 19.4. The molecule has 2 aromatic carbocycles. The average molecular weight is 388 g/mol. The zero-order valence-electron chi connectivity index (χ0n) is 15.6. The number of carbonyl (C=O) groups excluding carboxylic acids is 1. The highest BCUT2D eigenvalue weighted by atomic mass is 32.2. The van der Waals surface area contributed by atoms with Gasteiger partial charge in [0.15, 0.2) is 0 Å². The number of amides is 1. The average Bonchev–Trinajstić information content (AvgIpc) is 2.70. The molecule has 1 aliphatic rings. The topological polar surface area (TPSA) is 69.7 Å². The van der Waals surface area contributed by atoms with E-state index in [0.717, 1.165) is 11.3 Å². The lowest BCUT2D eigenvalue weighted by Gasteiger charge is -2.36. The SMILES string of the molecule is Cc1ccccc1NC(=O)C(C)N1CCN(S(=O)(=O)c2ccccc2)CC1. The van der Waals surface area contributed by atoms with Crippen LogP contribution in [-0.2, 0) is 14.8 Å². The van der Waals surface area contributed by atoms with Gasteiger partial charge >= 0.3 is 0 Å². The summed E-state index contributed by atoms with van der Waals surface area (Å²) >= 11 is 0. The summed E-state index contributed by atoms with van der Waals surface area (Å²) in [7, 11) is -3.48. The van der Waals surface area contributed by atoms with Crippen LogP contribution in [0, 0.1) is 6.92 Å². The minimum Gasteiger partial charge on any atom is -0.324 e. The van der Waals surface area contributed by atoms with E-state index < -0.39 is 10.0 Å². The van der Waals surface area contributed by atoms with Gasteiger partial charge in [0.2, 0.25) is 15.9 Å². The highest BCUT2D eigenvalue weighted by molar-refractivity contribution is 7.89. The molecule has 0 aliphatic carbocycles. The van der Waals surface area contributed by atoms with Gasteiger partial charge in [-0.05, 0) is 37.6 Å². The molecule has 0 spiro atoms. The molecule has 0 radical (unpaired) electrons. The minimum absolute atomic E-state index is 0.0799. The number of aryl methyl sites for hydroxylation is 1. The van der Waals surface area contributed by atoms with Crippen LogP contribution >= 0.6 is 0 Å². The fourth-order valence-electron chi connectivity index (χ4n) is 3.19. The van der Waals surface area contributed by atoms with Crippen LogP contribution in [0.15, 0.2) is 59.5 Å². The summed E-state index contributed by atoms with van der Waals surface area (Å²) in [6, 6.07) is 15.8. The van der Waals surface area contributed by atoms with Crippen molar-refractivity contribution >= 4 is 21.6 Å². The lowest BCUT2D eigenvalue weighted by molar-refractivity contribution is -0.121. The Morgan fingerprint density at radius 1 is 0.963 bits per heavy atom. The van der Waals surface area contributed by atoms with Crippen LogP contribution in [0.3, 0.4) is 0 Å². The molecule has 0 bridgehead atoms. The first-order valence-electron chi connectivity index (χ1n) is 9.05. The van der Waals surface area contributed by atoms with E-state index in [-0.39, 0.29) is 11.9 Å². The Morgan fingerprint density at radius 2 is 1.56 bits per heavy atom. The largest absolute Gasteiger partial charge is 0.324 e. The molecule has 1 amide bonds. The summed E-state index contributed by atoms with van der Waals surface area (Å²) in [6.07, 6.45) is 0. The Hall–Kier alpha value is -2.22. The number of sulfonamides is 1. The Bertz CT molecular complexity index is 892. The smallest absolute Gasteiger partial charge is 0.243 e. The molecule has 1 atom stereocenters. The van der Waals surface area contributed by atoms with E-state index in [2.05, 4.69) is 5.32 Å². The van der Waals surface area contributed by atoms with Gasteiger partial charge < -0.3 is 5.32 Å². The highest BCUT2D eigenvalue weighted by Crippen LogP contribution is 2.19. The van der Waals surface area contributed by atoms with Crippen molar-refractivity contribution in [2.45, 2.75) is 24.8 Å². The second-order valence-corrected chi connectivity index (χ2v) is 8.67. The fraction of sp³-hybridized carbons (Fsp3) is 0.350. The minimum atomic E-state index is -3.48. The maximum Gasteiger partial charge on any atom is 0.243 e. The van der Waals surface area contributed by atoms with Crippen LogP contribution < -0.4 is 5.32 Å². The Balaban J connectivity index is 1.60. The number of benzene rings is 2. The molecule has 2 aromatic rings. The first kappa shape index (κ1) is 19.5. The number of carbonyl (C=O) groups is 1. The van der Waals surface area contributed by atoms with Crippen molar-refractivity contribution < 1.29 is 13.2 Å². The summed E-state index contributed by atoms with van der Waals surface area (Å²) in [6.45, 7) is 5.60. The lowest BCUT2D eigenvalue weighted by Crippen LogP contribution is -2.53. The van der Waals surface area contributed by atoms with Gasteiger partial charge in [-0.1, -0.05) is 36.4 Å². The maximum atomic E-state index is 12.7. The van der Waals surface area contributed by atoms with Gasteiger partial charge in [0, 0.05) is 31.9 Å². The first-order chi connectivity index (χ1) is 12.9. The number of hydrogen-bond donors (Lipinski definition) is 1. The molecule has 0 saturated carbocycles. The molecule has 144 valence electrons. The van der Waals surface area contributed by atoms with Crippen molar-refractivity contribution in [3.8, 4) is 0 Å². The molecule has 0 aromatic heterocycles. The second kappa shape index (κ2) is 8.21. The van der Waals surface area contributed by atoms with Gasteiger partial charge in [-0.2, -0.15) is 4.31 Å². The predicted octanol–water partition coefficient (Wildman–Crippen LogP) is 2.33. The van der Waals surface area contributed by atoms with Crippen LogP contribution in [0.5, 0.6) is 0 Å². The molecule has 7 heteroatoms. The second-order valence-electron chi connectivity index (χ2n) is 6.73. The van der Waals surface area contributed by atoms with Crippen molar-refractivity contribution in [3.63, 3.8) is 0 Å². The van der Waals surface area contributed by atoms with Crippen molar-refractivity contribution in [1.82, 2.24) is 9.21 Å². The monoisotopic (exact) mass is 387 g/mol. The van der Waals surface area contributed by atoms with Crippen LogP contribution in [0.25, 0.3) is 0 Å². The van der Waals surface area contributed by atoms with Crippen molar-refractivity contribution in [3.05, 3.63) is 60.2 Å². The van der Waals surface area contributed by atoms with E-state index in [1.807, 2.05) is 43.0 Å². The maximum absolute atomic E-state index is 12.7. The molecule has 1 unspecified atom stereocenters. The summed E-state index contributed by atoms with van der Waals surface area (Å²) in [5.74, 6) is -0.0799. The number of rotatable bonds is 5. The van der Waals surface area contributed by atoms with E-state index in [1.165, 1.54) is 4.31 Å². The normalized spacial score (nSPS) is 17.4. The summed E-state index contributed by atoms with van der Waals surface area (Å²) in [4.78, 5) is 14.9. The third-order valence-corrected chi connectivity index (χ3v) is 6.90. The number of nitrogens with one attached hydrogen (secondary N) is 1. The number of anilines is 1. The Kier molecular flexibility index (Phi) is 5.94. The van der Waals surface area contributed by atoms with Gasteiger partial charge in [0.05, 0.1) is 10.9 Å². The molecular formula is C20H25N3O3S. The van der Waals surface area contributed by atoms with Gasteiger partial charge in [-0.3, -0.25) is 9.69 Å². The highest BCUT2D eigenvalue weighted by Gasteiger charge is 2.31. The van der Waals surface area contributed by atoms with E-state index in [9.17, 15) is 13.2 Å². The quantitative estimate of drug-likeness (QED) is 0.855. The van der Waals surface area contributed by atoms with Crippen LogP contribution in [0.1, 0.15) is 12.5 Å². The summed E-state index contributed by atoms with van der Waals surface area (Å²) < 4.78 is 26.9. The van der Waals surface area contributed by atoms with E-state index in [4.69, 9.17) is 0 Å². The van der Waals surface area contributed by atoms with E-state index in [0.29, 0.717) is 31.1 Å². The predicted molar refractivity (Wildman–Crippen MR) is 106 cm³/mol. The molecule has 6 nitrogen and oxygen atoms in total. The molecular weight excluding hydrogens is 362 g/mol. The van der Waals surface area contributed by atoms with Gasteiger partial charge in [0.1, 0.15) is 0 Å². The van der Waals surface area contributed by atoms with Gasteiger partial charge in [-0.15, -0.1) is 0 Å². The van der Waals surface area contributed by atoms with Gasteiger partial charge in [0.25, 0.3) is 0 Å². The molecule has 1 fully saturated rings. The first-order valence-corrected chi connectivity index (χ1v) is 10.5. The molecule has 1 saturated heterocycles. The van der Waals surface area contributed by atoms with E-state index >= 15 is 0 Å². The van der Waals surface area contributed by atoms with E-state index in [1.54, 1.807) is 30.3 Å². The van der Waals surface area contributed by atoms with Crippen LogP contribution in [0.2, 0.25) is 0 Å².